The van der Waals surface area contributed by atoms with Gasteiger partial charge in [0, 0.05) is 12.5 Å². The molecule has 0 heterocycles. The molecule has 1 amide bonds. The minimum absolute atomic E-state index is 0.0174. The summed E-state index contributed by atoms with van der Waals surface area (Å²) in [6.45, 7) is 1.80. The second-order valence-corrected chi connectivity index (χ2v) is 6.03. The summed E-state index contributed by atoms with van der Waals surface area (Å²) in [7, 11) is 0. The summed E-state index contributed by atoms with van der Waals surface area (Å²) < 4.78 is 0. The molecule has 0 fully saturated rings. The van der Waals surface area contributed by atoms with Gasteiger partial charge in [-0.2, -0.15) is 0 Å². The number of carboxylic acids is 1. The molecule has 0 aliphatic carbocycles. The van der Waals surface area contributed by atoms with Gasteiger partial charge in [0.1, 0.15) is 6.54 Å². The second-order valence-electron chi connectivity index (χ2n) is 6.03. The lowest BCUT2D eigenvalue weighted by molar-refractivity contribution is -0.137. The summed E-state index contributed by atoms with van der Waals surface area (Å²) in [5.74, 6) is -1.65. The number of carboxylic acid groups (broad SMARTS) is 1. The van der Waals surface area contributed by atoms with Crippen molar-refractivity contribution in [3.63, 3.8) is 0 Å². The number of nitrogens with one attached hydrogen (secondary N) is 1. The fourth-order valence-corrected chi connectivity index (χ4v) is 2.41. The number of unbranched alkanes of at least 4 members (excludes halogenated alkanes) is 10. The highest BCUT2D eigenvalue weighted by molar-refractivity contribution is 5.90. The molecule has 0 rings (SSSR count). The van der Waals surface area contributed by atoms with E-state index in [4.69, 9.17) is 5.11 Å². The molecule has 0 aliphatic rings. The number of carbonyl (C=O) groups excluding carboxylic acids is 1. The van der Waals surface area contributed by atoms with Crippen LogP contribution in [0.15, 0.2) is 11.8 Å². The van der Waals surface area contributed by atoms with Gasteiger partial charge in [0.05, 0.1) is 5.76 Å². The van der Waals surface area contributed by atoms with Gasteiger partial charge in [-0.15, -0.1) is 0 Å². The van der Waals surface area contributed by atoms with E-state index < -0.39 is 18.4 Å². The Kier molecular flexibility index (Phi) is 14.4. The van der Waals surface area contributed by atoms with Crippen molar-refractivity contribution < 1.29 is 19.8 Å². The van der Waals surface area contributed by atoms with Gasteiger partial charge in [0.2, 0.25) is 5.91 Å². The normalized spacial score (nSPS) is 11.4. The summed E-state index contributed by atoms with van der Waals surface area (Å²) in [6, 6.07) is 0. The number of allylic oxidation sites excluding steroid dienone is 1. The Balaban J connectivity index is 3.42. The number of aliphatic carboxylic acids is 1. The molecule has 5 nitrogen and oxygen atoms in total. The van der Waals surface area contributed by atoms with Crippen LogP contribution in [0.3, 0.4) is 0 Å². The molecular formula is C18H33NO4. The van der Waals surface area contributed by atoms with Crippen molar-refractivity contribution >= 4 is 11.9 Å². The lowest BCUT2D eigenvalue weighted by Crippen LogP contribution is -2.27. The van der Waals surface area contributed by atoms with Crippen LogP contribution in [0.25, 0.3) is 0 Å². The molecule has 0 radical (unpaired) electrons. The predicted molar refractivity (Wildman–Crippen MR) is 92.4 cm³/mol. The fourth-order valence-electron chi connectivity index (χ4n) is 2.41. The van der Waals surface area contributed by atoms with Crippen molar-refractivity contribution in [1.29, 1.82) is 0 Å². The van der Waals surface area contributed by atoms with Crippen LogP contribution in [0, 0.1) is 0 Å². The molecule has 0 unspecified atom stereocenters. The summed E-state index contributed by atoms with van der Waals surface area (Å²) >= 11 is 0. The van der Waals surface area contributed by atoms with E-state index in [1.165, 1.54) is 51.4 Å². The van der Waals surface area contributed by atoms with Crippen LogP contribution < -0.4 is 5.32 Å². The monoisotopic (exact) mass is 327 g/mol. The van der Waals surface area contributed by atoms with Gasteiger partial charge in [-0.3, -0.25) is 9.59 Å². The van der Waals surface area contributed by atoms with Gasteiger partial charge in [-0.1, -0.05) is 71.1 Å². The molecule has 134 valence electrons. The Hall–Kier alpha value is -1.52. The van der Waals surface area contributed by atoms with Crippen molar-refractivity contribution in [1.82, 2.24) is 5.32 Å². The first-order valence-corrected chi connectivity index (χ1v) is 8.95. The zero-order chi connectivity index (χ0) is 17.3. The zero-order valence-electron chi connectivity index (χ0n) is 14.5. The van der Waals surface area contributed by atoms with E-state index in [1.54, 1.807) is 0 Å². The molecule has 0 aromatic heterocycles. The lowest BCUT2D eigenvalue weighted by atomic mass is 10.0. The molecule has 0 bridgehead atoms. The maximum Gasteiger partial charge on any atom is 0.322 e. The van der Waals surface area contributed by atoms with Gasteiger partial charge < -0.3 is 15.5 Å². The molecule has 5 heteroatoms. The van der Waals surface area contributed by atoms with Gasteiger partial charge >= 0.3 is 5.97 Å². The molecule has 3 N–H and O–H groups in total. The maximum atomic E-state index is 11.2. The maximum absolute atomic E-state index is 11.2. The van der Waals surface area contributed by atoms with E-state index in [0.29, 0.717) is 6.42 Å². The first-order valence-electron chi connectivity index (χ1n) is 8.95. The zero-order valence-corrected chi connectivity index (χ0v) is 14.5. The molecule has 0 atom stereocenters. The van der Waals surface area contributed by atoms with Gasteiger partial charge in [0.25, 0.3) is 0 Å². The minimum Gasteiger partial charge on any atom is -0.512 e. The molecule has 0 saturated carbocycles. The average molecular weight is 327 g/mol. The molecule has 23 heavy (non-hydrogen) atoms. The smallest absolute Gasteiger partial charge is 0.322 e. The molecule has 0 spiro atoms. The van der Waals surface area contributed by atoms with E-state index in [-0.39, 0.29) is 5.76 Å². The Labute approximate surface area is 140 Å². The van der Waals surface area contributed by atoms with Crippen molar-refractivity contribution in [3.8, 4) is 0 Å². The van der Waals surface area contributed by atoms with E-state index in [1.807, 2.05) is 0 Å². The highest BCUT2D eigenvalue weighted by atomic mass is 16.4. The van der Waals surface area contributed by atoms with Gasteiger partial charge in [-0.05, 0) is 6.42 Å². The number of rotatable bonds is 15. The van der Waals surface area contributed by atoms with Crippen LogP contribution in [0.2, 0.25) is 0 Å². The Morgan fingerprint density at radius 3 is 1.78 bits per heavy atom. The third-order valence-electron chi connectivity index (χ3n) is 3.75. The van der Waals surface area contributed by atoms with Crippen LogP contribution in [0.4, 0.5) is 0 Å². The van der Waals surface area contributed by atoms with E-state index in [0.717, 1.165) is 25.3 Å². The van der Waals surface area contributed by atoms with Crippen molar-refractivity contribution in [2.45, 2.75) is 84.0 Å². The predicted octanol–water partition coefficient (Wildman–Crippen LogP) is 4.33. The first-order chi connectivity index (χ1) is 11.1. The standard InChI is InChI=1S/C18H33NO4/c1-2-3-4-5-6-7-8-9-10-11-12-13-16(20)14-17(21)19-15-18(22)23/h14,20H,2-13,15H2,1H3,(H,19,21)(H,22,23). The van der Waals surface area contributed by atoms with Crippen LogP contribution in [0.1, 0.15) is 84.0 Å². The highest BCUT2D eigenvalue weighted by Gasteiger charge is 2.03. The van der Waals surface area contributed by atoms with E-state index in [9.17, 15) is 14.7 Å². The van der Waals surface area contributed by atoms with Gasteiger partial charge in [-0.25, -0.2) is 0 Å². The number of carbonyl (C=O) groups is 2. The second kappa shape index (κ2) is 15.4. The summed E-state index contributed by atoms with van der Waals surface area (Å²) in [5.41, 5.74) is 0. The van der Waals surface area contributed by atoms with Crippen molar-refractivity contribution in [2.24, 2.45) is 0 Å². The summed E-state index contributed by atoms with van der Waals surface area (Å²) in [4.78, 5) is 21.5. The SMILES string of the molecule is CCCCCCCCCCCCCC(O)=CC(=O)NCC(=O)O. The molecule has 0 saturated heterocycles. The number of aliphatic hydroxyl groups excluding tert-OH is 1. The Morgan fingerprint density at radius 2 is 1.30 bits per heavy atom. The molecule has 0 aromatic carbocycles. The number of hydrogen-bond acceptors (Lipinski definition) is 3. The van der Waals surface area contributed by atoms with Gasteiger partial charge in [0.15, 0.2) is 0 Å². The number of aliphatic hydroxyl groups is 1. The first kappa shape index (κ1) is 21.5. The lowest BCUT2D eigenvalue weighted by Gasteiger charge is -2.03. The molecule has 0 aromatic rings. The van der Waals surface area contributed by atoms with Crippen LogP contribution >= 0.6 is 0 Å². The fraction of sp³-hybridized carbons (Fsp3) is 0.778. The van der Waals surface area contributed by atoms with E-state index >= 15 is 0 Å². The average Bonchev–Trinajstić information content (AvgIpc) is 2.50. The quantitative estimate of drug-likeness (QED) is 0.237. The third kappa shape index (κ3) is 16.7. The van der Waals surface area contributed by atoms with Crippen molar-refractivity contribution in [3.05, 3.63) is 11.8 Å². The largest absolute Gasteiger partial charge is 0.512 e. The van der Waals surface area contributed by atoms with Crippen LogP contribution in [-0.2, 0) is 9.59 Å². The minimum atomic E-state index is -1.10. The van der Waals surface area contributed by atoms with Crippen molar-refractivity contribution in [2.75, 3.05) is 6.54 Å². The van der Waals surface area contributed by atoms with Crippen LogP contribution in [-0.4, -0.2) is 28.6 Å². The molecular weight excluding hydrogens is 294 g/mol. The Bertz CT molecular complexity index is 353. The number of amides is 1. The summed E-state index contributed by atoms with van der Waals surface area (Å²) in [5, 5.41) is 20.2. The number of hydrogen-bond donors (Lipinski definition) is 3. The van der Waals surface area contributed by atoms with E-state index in [2.05, 4.69) is 12.2 Å². The molecule has 0 aliphatic heterocycles. The Morgan fingerprint density at radius 1 is 0.826 bits per heavy atom. The highest BCUT2D eigenvalue weighted by Crippen LogP contribution is 2.13. The van der Waals surface area contributed by atoms with Crippen LogP contribution in [0.5, 0.6) is 0 Å². The topological polar surface area (TPSA) is 86.6 Å². The summed E-state index contributed by atoms with van der Waals surface area (Å²) in [6.07, 6.45) is 15.1. The third-order valence-corrected chi connectivity index (χ3v) is 3.75.